The van der Waals surface area contributed by atoms with Crippen LogP contribution in [-0.2, 0) is 0 Å². The van der Waals surface area contributed by atoms with E-state index in [9.17, 15) is 4.79 Å². The van der Waals surface area contributed by atoms with Crippen molar-refractivity contribution < 1.29 is 4.79 Å². The Hall–Kier alpha value is -0.990. The summed E-state index contributed by atoms with van der Waals surface area (Å²) in [6, 6.07) is 0.234. The molecule has 2 aliphatic rings. The van der Waals surface area contributed by atoms with Crippen LogP contribution in [0.25, 0.3) is 0 Å². The van der Waals surface area contributed by atoms with Gasteiger partial charge < -0.3 is 10.6 Å². The maximum atomic E-state index is 11.7. The first-order valence-corrected chi connectivity index (χ1v) is 6.76. The number of hydrogen-bond acceptors (Lipinski definition) is 1. The van der Waals surface area contributed by atoms with Crippen LogP contribution in [-0.4, -0.2) is 12.1 Å². The van der Waals surface area contributed by atoms with E-state index in [0.29, 0.717) is 12.0 Å². The molecule has 0 aromatic heterocycles. The van der Waals surface area contributed by atoms with Crippen LogP contribution in [0.3, 0.4) is 0 Å². The predicted octanol–water partition coefficient (Wildman–Crippen LogP) is 3.03. The van der Waals surface area contributed by atoms with Crippen LogP contribution in [0.2, 0.25) is 0 Å². The molecular weight excluding hydrogens is 212 g/mol. The summed E-state index contributed by atoms with van der Waals surface area (Å²) in [5.41, 5.74) is 1.10. The van der Waals surface area contributed by atoms with Crippen molar-refractivity contribution in [2.24, 2.45) is 17.8 Å². The molecule has 2 saturated carbocycles. The Morgan fingerprint density at radius 2 is 2.06 bits per heavy atom. The number of carbonyl (C=O) groups excluding carboxylic acids is 1. The summed E-state index contributed by atoms with van der Waals surface area (Å²) < 4.78 is 0. The van der Waals surface area contributed by atoms with Crippen LogP contribution in [0.5, 0.6) is 0 Å². The lowest BCUT2D eigenvalue weighted by Gasteiger charge is -2.28. The van der Waals surface area contributed by atoms with Crippen molar-refractivity contribution in [3.63, 3.8) is 0 Å². The van der Waals surface area contributed by atoms with Crippen LogP contribution in [0, 0.1) is 17.8 Å². The van der Waals surface area contributed by atoms with Crippen molar-refractivity contribution in [2.75, 3.05) is 0 Å². The second kappa shape index (κ2) is 5.11. The van der Waals surface area contributed by atoms with Crippen molar-refractivity contribution in [2.45, 2.75) is 52.5 Å². The molecule has 3 nitrogen and oxygen atoms in total. The van der Waals surface area contributed by atoms with Crippen molar-refractivity contribution in [3.05, 3.63) is 11.8 Å². The van der Waals surface area contributed by atoms with Gasteiger partial charge in [0, 0.05) is 12.2 Å². The number of urea groups is 1. The minimum absolute atomic E-state index is 0.0681. The van der Waals surface area contributed by atoms with E-state index in [2.05, 4.69) is 17.6 Å². The molecule has 2 bridgehead atoms. The van der Waals surface area contributed by atoms with Crippen LogP contribution >= 0.6 is 0 Å². The molecule has 2 fully saturated rings. The van der Waals surface area contributed by atoms with Gasteiger partial charge in [0.15, 0.2) is 0 Å². The lowest BCUT2D eigenvalue weighted by Crippen LogP contribution is -2.43. The topological polar surface area (TPSA) is 41.1 Å². The summed E-state index contributed by atoms with van der Waals surface area (Å²) in [5, 5.41) is 5.84. The fraction of sp³-hybridized carbons (Fsp3) is 0.786. The van der Waals surface area contributed by atoms with Gasteiger partial charge in [0.2, 0.25) is 0 Å². The third kappa shape index (κ3) is 3.02. The normalized spacial score (nSPS) is 32.1. The fourth-order valence-corrected chi connectivity index (χ4v) is 3.47. The molecule has 0 heterocycles. The number of rotatable bonds is 3. The molecule has 0 aromatic rings. The van der Waals surface area contributed by atoms with Crippen LogP contribution < -0.4 is 10.6 Å². The molecule has 0 aromatic carbocycles. The van der Waals surface area contributed by atoms with E-state index in [1.807, 2.05) is 13.8 Å². The highest BCUT2D eigenvalue weighted by atomic mass is 16.2. The average molecular weight is 236 g/mol. The van der Waals surface area contributed by atoms with Crippen LogP contribution in [0.15, 0.2) is 11.8 Å². The van der Waals surface area contributed by atoms with Gasteiger partial charge in [0.05, 0.1) is 0 Å². The first kappa shape index (κ1) is 12.5. The van der Waals surface area contributed by atoms with Gasteiger partial charge in [-0.25, -0.2) is 4.79 Å². The largest absolute Gasteiger partial charge is 0.335 e. The smallest absolute Gasteiger partial charge is 0.318 e. The van der Waals surface area contributed by atoms with Crippen LogP contribution in [0.4, 0.5) is 4.79 Å². The van der Waals surface area contributed by atoms with E-state index in [4.69, 9.17) is 0 Å². The van der Waals surface area contributed by atoms with Gasteiger partial charge in [0.25, 0.3) is 0 Å². The number of hydrogen-bond donors (Lipinski definition) is 2. The number of amides is 2. The van der Waals surface area contributed by atoms with E-state index in [1.165, 1.54) is 25.7 Å². The van der Waals surface area contributed by atoms with Gasteiger partial charge >= 0.3 is 6.03 Å². The number of carbonyl (C=O) groups is 1. The SMILES string of the molecule is CC(C)=CNC(=O)NC(C)C1CC2CCC1C2. The first-order valence-electron chi connectivity index (χ1n) is 6.76. The second-order valence-corrected chi connectivity index (χ2v) is 5.97. The standard InChI is InChI=1S/C14H24N2O/c1-9(2)8-15-14(17)16-10(3)13-7-11-4-5-12(13)6-11/h8,10-13H,4-7H2,1-3H3,(H2,15,16,17). The lowest BCUT2D eigenvalue weighted by atomic mass is 9.84. The van der Waals surface area contributed by atoms with E-state index in [-0.39, 0.29) is 6.03 Å². The molecule has 2 N–H and O–H groups in total. The van der Waals surface area contributed by atoms with Crippen molar-refractivity contribution in [1.82, 2.24) is 10.6 Å². The molecule has 4 unspecified atom stereocenters. The van der Waals surface area contributed by atoms with Gasteiger partial charge in [-0.1, -0.05) is 12.0 Å². The van der Waals surface area contributed by atoms with Crippen molar-refractivity contribution in [3.8, 4) is 0 Å². The molecule has 0 aliphatic heterocycles. The third-order valence-corrected chi connectivity index (χ3v) is 4.29. The minimum atomic E-state index is -0.0681. The summed E-state index contributed by atoms with van der Waals surface area (Å²) in [7, 11) is 0. The Bertz CT molecular complexity index is 320. The molecule has 2 aliphatic carbocycles. The Balaban J connectivity index is 1.79. The molecular formula is C14H24N2O. The van der Waals surface area contributed by atoms with Crippen LogP contribution in [0.1, 0.15) is 46.5 Å². The van der Waals surface area contributed by atoms with Gasteiger partial charge in [-0.3, -0.25) is 0 Å². The highest BCUT2D eigenvalue weighted by Crippen LogP contribution is 2.49. The molecule has 0 radical (unpaired) electrons. The van der Waals surface area contributed by atoms with Crippen molar-refractivity contribution in [1.29, 1.82) is 0 Å². The van der Waals surface area contributed by atoms with Gasteiger partial charge in [0.1, 0.15) is 0 Å². The quantitative estimate of drug-likeness (QED) is 0.777. The van der Waals surface area contributed by atoms with E-state index in [1.54, 1.807) is 6.20 Å². The molecule has 0 saturated heterocycles. The highest BCUT2D eigenvalue weighted by molar-refractivity contribution is 5.75. The third-order valence-electron chi connectivity index (χ3n) is 4.29. The Kier molecular flexibility index (Phi) is 3.75. The second-order valence-electron chi connectivity index (χ2n) is 5.97. The number of allylic oxidation sites excluding steroid dienone is 1. The maximum absolute atomic E-state index is 11.7. The first-order chi connectivity index (χ1) is 8.06. The zero-order valence-electron chi connectivity index (χ0n) is 11.1. The maximum Gasteiger partial charge on any atom is 0.318 e. The van der Waals surface area contributed by atoms with E-state index >= 15 is 0 Å². The summed E-state index contributed by atoms with van der Waals surface area (Å²) >= 11 is 0. The molecule has 0 spiro atoms. The highest BCUT2D eigenvalue weighted by Gasteiger charge is 2.42. The average Bonchev–Trinajstić information content (AvgIpc) is 2.87. The molecule has 4 atom stereocenters. The summed E-state index contributed by atoms with van der Waals surface area (Å²) in [6.45, 7) is 6.09. The molecule has 2 amide bonds. The molecule has 17 heavy (non-hydrogen) atoms. The van der Waals surface area contributed by atoms with E-state index < -0.39 is 0 Å². The molecule has 96 valence electrons. The monoisotopic (exact) mass is 236 g/mol. The van der Waals surface area contributed by atoms with Gasteiger partial charge in [-0.15, -0.1) is 0 Å². The Morgan fingerprint density at radius 1 is 1.29 bits per heavy atom. The Morgan fingerprint density at radius 3 is 2.59 bits per heavy atom. The minimum Gasteiger partial charge on any atom is -0.335 e. The van der Waals surface area contributed by atoms with E-state index in [0.717, 1.165) is 17.4 Å². The summed E-state index contributed by atoms with van der Waals surface area (Å²) in [4.78, 5) is 11.7. The Labute approximate surface area is 104 Å². The molecule has 2 rings (SSSR count). The lowest BCUT2D eigenvalue weighted by molar-refractivity contribution is 0.223. The fourth-order valence-electron chi connectivity index (χ4n) is 3.47. The zero-order valence-corrected chi connectivity index (χ0v) is 11.1. The van der Waals surface area contributed by atoms with Gasteiger partial charge in [-0.2, -0.15) is 0 Å². The van der Waals surface area contributed by atoms with Crippen molar-refractivity contribution >= 4 is 6.03 Å². The summed E-state index contributed by atoms with van der Waals surface area (Å²) in [6.07, 6.45) is 7.25. The molecule has 3 heteroatoms. The number of nitrogens with one attached hydrogen (secondary N) is 2. The zero-order chi connectivity index (χ0) is 12.4. The summed E-state index contributed by atoms with van der Waals surface area (Å²) in [5.74, 6) is 2.50. The van der Waals surface area contributed by atoms with Gasteiger partial charge in [-0.05, 0) is 57.8 Å². The predicted molar refractivity (Wildman–Crippen MR) is 69.5 cm³/mol. The number of fused-ring (bicyclic) bond motifs is 2.